The van der Waals surface area contributed by atoms with Crippen LogP contribution in [0.1, 0.15) is 50.0 Å². The number of rotatable bonds is 4. The highest BCUT2D eigenvalue weighted by Gasteiger charge is 2.22. The first-order chi connectivity index (χ1) is 8.73. The van der Waals surface area contributed by atoms with Gasteiger partial charge in [-0.3, -0.25) is 4.79 Å². The van der Waals surface area contributed by atoms with Crippen molar-refractivity contribution >= 4 is 5.91 Å². The van der Waals surface area contributed by atoms with E-state index in [9.17, 15) is 9.90 Å². The zero-order valence-corrected chi connectivity index (χ0v) is 12.6. The van der Waals surface area contributed by atoms with Crippen LogP contribution in [0.4, 0.5) is 0 Å². The fourth-order valence-corrected chi connectivity index (χ4v) is 2.01. The molecule has 3 nitrogen and oxygen atoms in total. The van der Waals surface area contributed by atoms with Gasteiger partial charge in [-0.05, 0) is 30.4 Å². The summed E-state index contributed by atoms with van der Waals surface area (Å²) < 4.78 is 0. The summed E-state index contributed by atoms with van der Waals surface area (Å²) in [6, 6.07) is 7.75. The third-order valence-electron chi connectivity index (χ3n) is 3.19. The van der Waals surface area contributed by atoms with Crippen LogP contribution in [-0.2, 0) is 5.41 Å². The number of amides is 1. The Hall–Kier alpha value is -1.35. The summed E-state index contributed by atoms with van der Waals surface area (Å²) in [7, 11) is 1.78. The Bertz CT molecular complexity index is 433. The summed E-state index contributed by atoms with van der Waals surface area (Å²) in [6.07, 6.45) is 0.216. The highest BCUT2D eigenvalue weighted by Crippen LogP contribution is 2.26. The van der Waals surface area contributed by atoms with Crippen LogP contribution in [0.5, 0.6) is 0 Å². The van der Waals surface area contributed by atoms with E-state index in [0.717, 1.165) is 11.1 Å². The van der Waals surface area contributed by atoms with Crippen LogP contribution in [0.3, 0.4) is 0 Å². The summed E-state index contributed by atoms with van der Waals surface area (Å²) in [6.45, 7) is 8.62. The molecular formula is C16H25NO2. The van der Waals surface area contributed by atoms with Crippen molar-refractivity contribution in [2.75, 3.05) is 13.6 Å². The number of benzene rings is 1. The molecule has 1 N–H and O–H groups in total. The maximum Gasteiger partial charge on any atom is 0.253 e. The van der Waals surface area contributed by atoms with Crippen molar-refractivity contribution in [3.05, 3.63) is 35.4 Å². The standard InChI is InChI=1S/C16H25NO2/c1-12(18)10-11-17(5)15(19)13-8-6-7-9-14(13)16(2,3)4/h6-9,12,18H,10-11H2,1-5H3. The van der Waals surface area contributed by atoms with E-state index in [0.29, 0.717) is 13.0 Å². The molecule has 19 heavy (non-hydrogen) atoms. The van der Waals surface area contributed by atoms with Gasteiger partial charge in [0.1, 0.15) is 0 Å². The quantitative estimate of drug-likeness (QED) is 0.907. The van der Waals surface area contributed by atoms with Crippen molar-refractivity contribution in [1.29, 1.82) is 0 Å². The van der Waals surface area contributed by atoms with E-state index >= 15 is 0 Å². The van der Waals surface area contributed by atoms with Gasteiger partial charge in [0.2, 0.25) is 0 Å². The summed E-state index contributed by atoms with van der Waals surface area (Å²) in [5.74, 6) is 0.0196. The largest absolute Gasteiger partial charge is 0.393 e. The first-order valence-corrected chi connectivity index (χ1v) is 6.76. The summed E-state index contributed by atoms with van der Waals surface area (Å²) in [5, 5.41) is 9.30. The number of hydrogen-bond acceptors (Lipinski definition) is 2. The van der Waals surface area contributed by atoms with Gasteiger partial charge in [-0.1, -0.05) is 39.0 Å². The van der Waals surface area contributed by atoms with Crippen molar-refractivity contribution in [1.82, 2.24) is 4.90 Å². The molecule has 106 valence electrons. The van der Waals surface area contributed by atoms with Crippen LogP contribution in [0.25, 0.3) is 0 Å². The van der Waals surface area contributed by atoms with Gasteiger partial charge in [-0.15, -0.1) is 0 Å². The molecule has 1 aromatic rings. The number of aliphatic hydroxyl groups excluding tert-OH is 1. The van der Waals surface area contributed by atoms with Crippen LogP contribution in [0.15, 0.2) is 24.3 Å². The van der Waals surface area contributed by atoms with Gasteiger partial charge in [0.05, 0.1) is 6.10 Å². The van der Waals surface area contributed by atoms with Crippen LogP contribution >= 0.6 is 0 Å². The van der Waals surface area contributed by atoms with E-state index in [4.69, 9.17) is 0 Å². The lowest BCUT2D eigenvalue weighted by molar-refractivity contribution is 0.0766. The smallest absolute Gasteiger partial charge is 0.253 e. The third kappa shape index (κ3) is 4.35. The highest BCUT2D eigenvalue weighted by molar-refractivity contribution is 5.95. The molecule has 0 aliphatic rings. The molecule has 1 rings (SSSR count). The molecule has 0 fully saturated rings. The fraction of sp³-hybridized carbons (Fsp3) is 0.562. The Labute approximate surface area is 116 Å². The number of nitrogens with zero attached hydrogens (tertiary/aromatic N) is 1. The van der Waals surface area contributed by atoms with E-state index in [1.807, 2.05) is 24.3 Å². The van der Waals surface area contributed by atoms with E-state index in [1.54, 1.807) is 18.9 Å². The summed E-state index contributed by atoms with van der Waals surface area (Å²) in [4.78, 5) is 14.1. The molecule has 1 unspecified atom stereocenters. The Balaban J connectivity index is 2.94. The molecule has 1 atom stereocenters. The summed E-state index contributed by atoms with van der Waals surface area (Å²) in [5.41, 5.74) is 1.75. The Kier molecular flexibility index (Phi) is 5.12. The van der Waals surface area contributed by atoms with E-state index in [-0.39, 0.29) is 17.4 Å². The molecule has 1 amide bonds. The normalized spacial score (nSPS) is 13.2. The van der Waals surface area contributed by atoms with Gasteiger partial charge in [-0.25, -0.2) is 0 Å². The zero-order chi connectivity index (χ0) is 14.6. The minimum absolute atomic E-state index is 0.0196. The Morgan fingerprint density at radius 3 is 2.42 bits per heavy atom. The Morgan fingerprint density at radius 1 is 1.32 bits per heavy atom. The van der Waals surface area contributed by atoms with Gasteiger partial charge in [0.25, 0.3) is 5.91 Å². The second kappa shape index (κ2) is 6.20. The van der Waals surface area contributed by atoms with Crippen LogP contribution in [-0.4, -0.2) is 35.6 Å². The molecule has 0 radical (unpaired) electrons. The molecule has 0 aliphatic heterocycles. The topological polar surface area (TPSA) is 40.5 Å². The molecule has 0 heterocycles. The molecule has 0 spiro atoms. The van der Waals surface area contributed by atoms with E-state index < -0.39 is 0 Å². The summed E-state index contributed by atoms with van der Waals surface area (Å²) >= 11 is 0. The first-order valence-electron chi connectivity index (χ1n) is 6.76. The second-order valence-electron chi connectivity index (χ2n) is 6.16. The molecule has 0 aromatic heterocycles. The first kappa shape index (κ1) is 15.7. The minimum Gasteiger partial charge on any atom is -0.393 e. The minimum atomic E-state index is -0.381. The van der Waals surface area contributed by atoms with Crippen molar-refractivity contribution in [3.63, 3.8) is 0 Å². The number of carbonyl (C=O) groups excluding carboxylic acids is 1. The molecule has 0 bridgehead atoms. The molecule has 0 aliphatic carbocycles. The Morgan fingerprint density at radius 2 is 1.89 bits per heavy atom. The molecule has 1 aromatic carbocycles. The van der Waals surface area contributed by atoms with Gasteiger partial charge in [-0.2, -0.15) is 0 Å². The number of hydrogen-bond donors (Lipinski definition) is 1. The van der Waals surface area contributed by atoms with Crippen molar-refractivity contribution < 1.29 is 9.90 Å². The SMILES string of the molecule is CC(O)CCN(C)C(=O)c1ccccc1C(C)(C)C. The average molecular weight is 263 g/mol. The van der Waals surface area contributed by atoms with E-state index in [1.165, 1.54) is 0 Å². The van der Waals surface area contributed by atoms with Crippen LogP contribution < -0.4 is 0 Å². The third-order valence-corrected chi connectivity index (χ3v) is 3.19. The van der Waals surface area contributed by atoms with Gasteiger partial charge >= 0.3 is 0 Å². The average Bonchev–Trinajstić information content (AvgIpc) is 2.34. The lowest BCUT2D eigenvalue weighted by Gasteiger charge is -2.25. The molecule has 0 saturated carbocycles. The molecule has 3 heteroatoms. The molecular weight excluding hydrogens is 238 g/mol. The van der Waals surface area contributed by atoms with Crippen molar-refractivity contribution in [3.8, 4) is 0 Å². The number of aliphatic hydroxyl groups is 1. The molecule has 0 saturated heterocycles. The lowest BCUT2D eigenvalue weighted by Crippen LogP contribution is -2.31. The van der Waals surface area contributed by atoms with E-state index in [2.05, 4.69) is 20.8 Å². The maximum atomic E-state index is 12.5. The highest BCUT2D eigenvalue weighted by atomic mass is 16.3. The van der Waals surface area contributed by atoms with Crippen LogP contribution in [0.2, 0.25) is 0 Å². The fourth-order valence-electron chi connectivity index (χ4n) is 2.01. The van der Waals surface area contributed by atoms with Crippen LogP contribution in [0, 0.1) is 0 Å². The lowest BCUT2D eigenvalue weighted by atomic mass is 9.83. The second-order valence-corrected chi connectivity index (χ2v) is 6.16. The monoisotopic (exact) mass is 263 g/mol. The van der Waals surface area contributed by atoms with Gasteiger partial charge in [0.15, 0.2) is 0 Å². The maximum absolute atomic E-state index is 12.5. The number of carbonyl (C=O) groups is 1. The zero-order valence-electron chi connectivity index (χ0n) is 12.6. The predicted octanol–water partition coefficient (Wildman–Crippen LogP) is 2.83. The van der Waals surface area contributed by atoms with Crippen molar-refractivity contribution in [2.24, 2.45) is 0 Å². The predicted molar refractivity (Wildman–Crippen MR) is 78.4 cm³/mol. The van der Waals surface area contributed by atoms with Gasteiger partial charge < -0.3 is 10.0 Å². The van der Waals surface area contributed by atoms with Gasteiger partial charge in [0, 0.05) is 19.2 Å². The van der Waals surface area contributed by atoms with Crippen molar-refractivity contribution in [2.45, 2.75) is 45.6 Å².